The fourth-order valence-electron chi connectivity index (χ4n) is 2.47. The van der Waals surface area contributed by atoms with Crippen LogP contribution < -0.4 is 0 Å². The monoisotopic (exact) mass is 298 g/mol. The van der Waals surface area contributed by atoms with Crippen molar-refractivity contribution in [2.45, 2.75) is 38.6 Å². The molecule has 5 heteroatoms. The van der Waals surface area contributed by atoms with Crippen LogP contribution in [-0.4, -0.2) is 23.3 Å². The molecule has 1 aromatic heterocycles. The summed E-state index contributed by atoms with van der Waals surface area (Å²) in [6.45, 7) is 6.30. The lowest BCUT2D eigenvalue weighted by molar-refractivity contribution is 0.153. The van der Waals surface area contributed by atoms with E-state index in [1.807, 2.05) is 13.0 Å². The number of alkyl halides is 1. The van der Waals surface area contributed by atoms with Crippen molar-refractivity contribution in [1.29, 1.82) is 0 Å². The van der Waals surface area contributed by atoms with E-state index < -0.39 is 0 Å². The second-order valence-corrected chi connectivity index (χ2v) is 5.72. The van der Waals surface area contributed by atoms with Gasteiger partial charge in [-0.1, -0.05) is 6.92 Å². The van der Waals surface area contributed by atoms with Crippen molar-refractivity contribution in [2.24, 2.45) is 0 Å². The molecule has 3 nitrogen and oxygen atoms in total. The molecule has 2 aromatic rings. The Balaban J connectivity index is 2.70. The summed E-state index contributed by atoms with van der Waals surface area (Å²) in [5, 5.41) is -0.239. The SMILES string of the molecule is CCC(COC)n1c(C(C)Cl)nc2cc(F)c(C)cc21. The molecule has 0 saturated heterocycles. The molecule has 0 radical (unpaired) electrons. The van der Waals surface area contributed by atoms with Gasteiger partial charge in [-0.15, -0.1) is 11.6 Å². The highest BCUT2D eigenvalue weighted by atomic mass is 35.5. The summed E-state index contributed by atoms with van der Waals surface area (Å²) >= 11 is 6.24. The lowest BCUT2D eigenvalue weighted by Gasteiger charge is -2.20. The molecule has 0 bridgehead atoms. The Morgan fingerprint density at radius 2 is 2.15 bits per heavy atom. The number of halogens is 2. The Morgan fingerprint density at radius 1 is 1.45 bits per heavy atom. The topological polar surface area (TPSA) is 27.1 Å². The van der Waals surface area contributed by atoms with Gasteiger partial charge in [-0.05, 0) is 31.9 Å². The zero-order valence-corrected chi connectivity index (χ0v) is 13.0. The van der Waals surface area contributed by atoms with Crippen LogP contribution in [0.25, 0.3) is 11.0 Å². The quantitative estimate of drug-likeness (QED) is 0.766. The van der Waals surface area contributed by atoms with E-state index in [9.17, 15) is 4.39 Å². The molecule has 2 atom stereocenters. The summed E-state index contributed by atoms with van der Waals surface area (Å²) in [5.74, 6) is 0.520. The number of aryl methyl sites for hydroxylation is 1. The first kappa shape index (κ1) is 15.3. The highest BCUT2D eigenvalue weighted by molar-refractivity contribution is 6.20. The van der Waals surface area contributed by atoms with Gasteiger partial charge in [0.25, 0.3) is 0 Å². The van der Waals surface area contributed by atoms with Gasteiger partial charge in [-0.3, -0.25) is 0 Å². The van der Waals surface area contributed by atoms with Crippen LogP contribution in [0.4, 0.5) is 4.39 Å². The number of benzene rings is 1. The fraction of sp³-hybridized carbons (Fsp3) is 0.533. The third-order valence-corrected chi connectivity index (χ3v) is 3.74. The van der Waals surface area contributed by atoms with Gasteiger partial charge in [0.05, 0.1) is 29.1 Å². The van der Waals surface area contributed by atoms with Crippen molar-refractivity contribution in [3.8, 4) is 0 Å². The highest BCUT2D eigenvalue weighted by Gasteiger charge is 2.21. The third-order valence-electron chi connectivity index (χ3n) is 3.55. The number of ether oxygens (including phenoxy) is 1. The predicted molar refractivity (Wildman–Crippen MR) is 79.9 cm³/mol. The first-order chi connectivity index (χ1) is 9.49. The summed E-state index contributed by atoms with van der Waals surface area (Å²) in [4.78, 5) is 4.50. The molecular weight excluding hydrogens is 279 g/mol. The van der Waals surface area contributed by atoms with Gasteiger partial charge in [0.15, 0.2) is 0 Å². The smallest absolute Gasteiger partial charge is 0.128 e. The Bertz CT molecular complexity index is 609. The van der Waals surface area contributed by atoms with E-state index in [0.717, 1.165) is 17.8 Å². The number of rotatable bonds is 5. The zero-order valence-electron chi connectivity index (χ0n) is 12.3. The molecule has 0 saturated carbocycles. The van der Waals surface area contributed by atoms with Crippen molar-refractivity contribution in [2.75, 3.05) is 13.7 Å². The van der Waals surface area contributed by atoms with Crippen molar-refractivity contribution < 1.29 is 9.13 Å². The van der Waals surface area contributed by atoms with E-state index in [4.69, 9.17) is 16.3 Å². The van der Waals surface area contributed by atoms with Crippen LogP contribution in [0.5, 0.6) is 0 Å². The first-order valence-corrected chi connectivity index (χ1v) is 7.24. The molecule has 0 aliphatic heterocycles. The fourth-order valence-corrected chi connectivity index (χ4v) is 2.62. The molecule has 0 spiro atoms. The predicted octanol–water partition coefficient (Wildman–Crippen LogP) is 4.38. The van der Waals surface area contributed by atoms with Gasteiger partial charge < -0.3 is 9.30 Å². The van der Waals surface area contributed by atoms with Gasteiger partial charge in [0.1, 0.15) is 11.6 Å². The van der Waals surface area contributed by atoms with E-state index in [1.54, 1.807) is 14.0 Å². The van der Waals surface area contributed by atoms with E-state index in [-0.39, 0.29) is 17.2 Å². The maximum absolute atomic E-state index is 13.7. The average molecular weight is 299 g/mol. The summed E-state index contributed by atoms with van der Waals surface area (Å²) in [5.41, 5.74) is 2.17. The van der Waals surface area contributed by atoms with Crippen molar-refractivity contribution in [1.82, 2.24) is 9.55 Å². The van der Waals surface area contributed by atoms with Gasteiger partial charge in [0.2, 0.25) is 0 Å². The molecular formula is C15H20ClFN2O. The Hall–Kier alpha value is -1.13. The van der Waals surface area contributed by atoms with E-state index in [1.165, 1.54) is 6.07 Å². The van der Waals surface area contributed by atoms with Crippen LogP contribution in [0, 0.1) is 12.7 Å². The molecule has 0 aliphatic carbocycles. The molecule has 0 N–H and O–H groups in total. The maximum atomic E-state index is 13.7. The van der Waals surface area contributed by atoms with Crippen molar-refractivity contribution in [3.63, 3.8) is 0 Å². The van der Waals surface area contributed by atoms with Crippen LogP contribution in [-0.2, 0) is 4.74 Å². The largest absolute Gasteiger partial charge is 0.383 e. The molecule has 2 rings (SSSR count). The highest BCUT2D eigenvalue weighted by Crippen LogP contribution is 2.30. The van der Waals surface area contributed by atoms with Crippen LogP contribution in [0.1, 0.15) is 43.1 Å². The molecule has 0 aliphatic rings. The lowest BCUT2D eigenvalue weighted by atomic mass is 10.1. The van der Waals surface area contributed by atoms with E-state index >= 15 is 0 Å². The Morgan fingerprint density at radius 3 is 2.70 bits per heavy atom. The number of aromatic nitrogens is 2. The maximum Gasteiger partial charge on any atom is 0.128 e. The van der Waals surface area contributed by atoms with Crippen LogP contribution in [0.15, 0.2) is 12.1 Å². The van der Waals surface area contributed by atoms with Gasteiger partial charge >= 0.3 is 0 Å². The second-order valence-electron chi connectivity index (χ2n) is 5.06. The first-order valence-electron chi connectivity index (χ1n) is 6.80. The standard InChI is InChI=1S/C15H20ClFN2O/c1-5-11(8-20-4)19-14-6-9(2)12(17)7-13(14)18-15(19)10(3)16/h6-7,10-11H,5,8H2,1-4H3. The molecule has 1 aromatic carbocycles. The average Bonchev–Trinajstić information content (AvgIpc) is 2.75. The summed E-state index contributed by atoms with van der Waals surface area (Å²) in [6, 6.07) is 3.45. The van der Waals surface area contributed by atoms with E-state index in [2.05, 4.69) is 16.5 Å². The number of methoxy groups -OCH3 is 1. The molecule has 20 heavy (non-hydrogen) atoms. The number of imidazole rings is 1. The minimum atomic E-state index is -0.240. The number of fused-ring (bicyclic) bond motifs is 1. The summed E-state index contributed by atoms with van der Waals surface area (Å²) in [7, 11) is 1.68. The summed E-state index contributed by atoms with van der Waals surface area (Å²) < 4.78 is 21.1. The Labute approximate surface area is 123 Å². The Kier molecular flexibility index (Phi) is 4.66. The molecule has 0 amide bonds. The molecule has 1 heterocycles. The van der Waals surface area contributed by atoms with Crippen molar-refractivity contribution in [3.05, 3.63) is 29.3 Å². The van der Waals surface area contributed by atoms with E-state index in [0.29, 0.717) is 17.7 Å². The minimum Gasteiger partial charge on any atom is -0.383 e. The molecule has 110 valence electrons. The molecule has 0 fully saturated rings. The zero-order chi connectivity index (χ0) is 14.9. The second kappa shape index (κ2) is 6.10. The van der Waals surface area contributed by atoms with Crippen LogP contribution in [0.3, 0.4) is 0 Å². The van der Waals surface area contributed by atoms with Crippen molar-refractivity contribution >= 4 is 22.6 Å². The summed E-state index contributed by atoms with van der Waals surface area (Å²) in [6.07, 6.45) is 0.895. The van der Waals surface area contributed by atoms with Gasteiger partial charge in [-0.2, -0.15) is 0 Å². The minimum absolute atomic E-state index is 0.145. The third kappa shape index (κ3) is 2.67. The number of nitrogens with zero attached hydrogens (tertiary/aromatic N) is 2. The van der Waals surface area contributed by atoms with Gasteiger partial charge in [0, 0.05) is 13.2 Å². The van der Waals surface area contributed by atoms with Gasteiger partial charge in [-0.25, -0.2) is 9.37 Å². The normalized spacial score (nSPS) is 14.7. The van der Waals surface area contributed by atoms with Crippen LogP contribution in [0.2, 0.25) is 0 Å². The van der Waals surface area contributed by atoms with Crippen LogP contribution >= 0.6 is 11.6 Å². The lowest BCUT2D eigenvalue weighted by Crippen LogP contribution is -2.17. The molecule has 2 unspecified atom stereocenters. The number of hydrogen-bond donors (Lipinski definition) is 0. The number of hydrogen-bond acceptors (Lipinski definition) is 2.